The van der Waals surface area contributed by atoms with Gasteiger partial charge in [-0.3, -0.25) is 9.59 Å². The smallest absolute Gasteiger partial charge is 0.150 e. The average molecular weight is 136 g/mol. The van der Waals surface area contributed by atoms with Crippen LogP contribution >= 0.6 is 0 Å². The van der Waals surface area contributed by atoms with E-state index in [1.54, 1.807) is 0 Å². The van der Waals surface area contributed by atoms with Crippen LogP contribution in [0.15, 0.2) is 36.5 Å². The molecule has 0 fully saturated rings. The topological polar surface area (TPSA) is 34.1 Å². The van der Waals surface area contributed by atoms with E-state index >= 15 is 0 Å². The highest BCUT2D eigenvalue weighted by Gasteiger charge is 1.82. The van der Waals surface area contributed by atoms with Gasteiger partial charge >= 0.3 is 0 Å². The van der Waals surface area contributed by atoms with Gasteiger partial charge in [0.2, 0.25) is 0 Å². The van der Waals surface area contributed by atoms with Gasteiger partial charge in [-0.25, -0.2) is 0 Å². The van der Waals surface area contributed by atoms with E-state index in [4.69, 9.17) is 0 Å². The Morgan fingerprint density at radius 3 is 2.40 bits per heavy atom. The molecule has 0 aromatic rings. The van der Waals surface area contributed by atoms with E-state index < -0.39 is 0 Å². The fraction of sp³-hybridized carbons (Fsp3) is 0. The van der Waals surface area contributed by atoms with Gasteiger partial charge in [0.1, 0.15) is 12.6 Å². The van der Waals surface area contributed by atoms with E-state index in [1.807, 2.05) is 0 Å². The number of carbonyl (C=O) groups is 2. The van der Waals surface area contributed by atoms with Crippen molar-refractivity contribution in [1.29, 1.82) is 0 Å². The molecule has 0 aliphatic carbocycles. The summed E-state index contributed by atoms with van der Waals surface area (Å²) in [6, 6.07) is 0. The predicted molar refractivity (Wildman–Crippen MR) is 39.5 cm³/mol. The Hall–Kier alpha value is -1.44. The summed E-state index contributed by atoms with van der Waals surface area (Å²) in [5, 5.41) is 0. The summed E-state index contributed by atoms with van der Waals surface area (Å²) in [6.07, 6.45) is 6.94. The lowest BCUT2D eigenvalue weighted by Gasteiger charge is -1.81. The predicted octanol–water partition coefficient (Wildman–Crippen LogP) is 1.05. The van der Waals surface area contributed by atoms with Crippen LogP contribution in [0, 0.1) is 0 Å². The number of hydrogen-bond donors (Lipinski definition) is 0. The first kappa shape index (κ1) is 8.56. The van der Waals surface area contributed by atoms with Gasteiger partial charge in [-0.2, -0.15) is 0 Å². The molecule has 2 nitrogen and oxygen atoms in total. The summed E-state index contributed by atoms with van der Waals surface area (Å²) in [7, 11) is 0. The molecule has 0 heterocycles. The molecule has 2 heteroatoms. The third-order valence-electron chi connectivity index (χ3n) is 0.814. The van der Waals surface area contributed by atoms with E-state index in [-0.39, 0.29) is 0 Å². The fourth-order valence-corrected chi connectivity index (χ4v) is 0.421. The van der Waals surface area contributed by atoms with Gasteiger partial charge in [-0.05, 0) is 12.2 Å². The van der Waals surface area contributed by atoms with Crippen LogP contribution in [-0.4, -0.2) is 12.6 Å². The van der Waals surface area contributed by atoms with Crippen LogP contribution in [0.25, 0.3) is 0 Å². The maximum absolute atomic E-state index is 10.1. The Morgan fingerprint density at radius 2 is 2.00 bits per heavy atom. The largest absolute Gasteiger partial charge is 0.299 e. The van der Waals surface area contributed by atoms with Crippen LogP contribution in [0.1, 0.15) is 0 Å². The number of rotatable bonds is 4. The van der Waals surface area contributed by atoms with Gasteiger partial charge in [-0.1, -0.05) is 18.7 Å². The Bertz CT molecular complexity index is 187. The molecule has 0 N–H and O–H groups in total. The minimum absolute atomic E-state index is 0.433. The summed E-state index contributed by atoms with van der Waals surface area (Å²) in [4.78, 5) is 19.9. The van der Waals surface area contributed by atoms with Gasteiger partial charge in [0.25, 0.3) is 0 Å². The van der Waals surface area contributed by atoms with E-state index in [2.05, 4.69) is 6.58 Å². The molecule has 0 bridgehead atoms. The van der Waals surface area contributed by atoms with Crippen LogP contribution in [0.2, 0.25) is 0 Å². The van der Waals surface area contributed by atoms with Crippen LogP contribution in [0.3, 0.4) is 0 Å². The van der Waals surface area contributed by atoms with Crippen molar-refractivity contribution >= 4 is 12.6 Å². The first-order chi connectivity index (χ1) is 4.85. The zero-order valence-electron chi connectivity index (χ0n) is 5.49. The lowest BCUT2D eigenvalue weighted by atomic mass is 10.2. The lowest BCUT2D eigenvalue weighted by Crippen LogP contribution is -1.76. The van der Waals surface area contributed by atoms with Crippen molar-refractivity contribution in [2.75, 3.05) is 0 Å². The number of allylic oxidation sites excluding steroid dienone is 5. The summed E-state index contributed by atoms with van der Waals surface area (Å²) < 4.78 is 0. The SMILES string of the molecule is C=C/C=C(C=O)\C=C\C=O. The van der Waals surface area contributed by atoms with E-state index in [9.17, 15) is 9.59 Å². The van der Waals surface area contributed by atoms with E-state index in [0.29, 0.717) is 18.1 Å². The number of carbonyl (C=O) groups excluding carboxylic acids is 2. The number of aldehydes is 2. The van der Waals surface area contributed by atoms with Gasteiger partial charge in [0.05, 0.1) is 0 Å². The normalized spacial score (nSPS) is 11.4. The summed E-state index contributed by atoms with van der Waals surface area (Å²) >= 11 is 0. The second-order valence-electron chi connectivity index (χ2n) is 1.52. The molecule has 0 radical (unpaired) electrons. The molecular weight excluding hydrogens is 128 g/mol. The Morgan fingerprint density at radius 1 is 1.30 bits per heavy atom. The van der Waals surface area contributed by atoms with Crippen LogP contribution in [0.5, 0.6) is 0 Å². The van der Waals surface area contributed by atoms with Crippen LogP contribution < -0.4 is 0 Å². The highest BCUT2D eigenvalue weighted by atomic mass is 16.1. The summed E-state index contributed by atoms with van der Waals surface area (Å²) in [5.74, 6) is 0. The standard InChI is InChI=1S/C8H8O2/c1-2-4-8(7-10)5-3-6-9/h2-7H,1H2/b5-3+,8-4+. The fourth-order valence-electron chi connectivity index (χ4n) is 0.421. The number of hydrogen-bond acceptors (Lipinski definition) is 2. The molecule has 0 aliphatic heterocycles. The zero-order chi connectivity index (χ0) is 7.82. The Balaban J connectivity index is 4.20. The highest BCUT2D eigenvalue weighted by Crippen LogP contribution is 1.90. The maximum Gasteiger partial charge on any atom is 0.150 e. The average Bonchev–Trinajstić information content (AvgIpc) is 1.98. The first-order valence-electron chi connectivity index (χ1n) is 2.75. The molecule has 0 aromatic heterocycles. The van der Waals surface area contributed by atoms with Gasteiger partial charge in [0.15, 0.2) is 0 Å². The molecule has 52 valence electrons. The minimum atomic E-state index is 0.433. The van der Waals surface area contributed by atoms with Crippen molar-refractivity contribution < 1.29 is 9.59 Å². The van der Waals surface area contributed by atoms with Crippen molar-refractivity contribution in [3.63, 3.8) is 0 Å². The molecule has 0 aliphatic rings. The second-order valence-corrected chi connectivity index (χ2v) is 1.52. The van der Waals surface area contributed by atoms with E-state index in [1.165, 1.54) is 24.3 Å². The molecule has 10 heavy (non-hydrogen) atoms. The minimum Gasteiger partial charge on any atom is -0.299 e. The van der Waals surface area contributed by atoms with Gasteiger partial charge in [0, 0.05) is 5.57 Å². The lowest BCUT2D eigenvalue weighted by molar-refractivity contribution is -0.104. The Labute approximate surface area is 59.5 Å². The molecule has 0 rings (SSSR count). The maximum atomic E-state index is 10.1. The molecule has 0 aromatic carbocycles. The molecule has 0 spiro atoms. The van der Waals surface area contributed by atoms with E-state index in [0.717, 1.165) is 0 Å². The third kappa shape index (κ3) is 3.55. The molecule has 0 saturated heterocycles. The molecular formula is C8H8O2. The van der Waals surface area contributed by atoms with Crippen molar-refractivity contribution in [1.82, 2.24) is 0 Å². The third-order valence-corrected chi connectivity index (χ3v) is 0.814. The van der Waals surface area contributed by atoms with Crippen molar-refractivity contribution in [3.05, 3.63) is 36.5 Å². The van der Waals surface area contributed by atoms with Crippen molar-refractivity contribution in [3.8, 4) is 0 Å². The van der Waals surface area contributed by atoms with Crippen LogP contribution in [-0.2, 0) is 9.59 Å². The van der Waals surface area contributed by atoms with Crippen molar-refractivity contribution in [2.24, 2.45) is 0 Å². The molecule has 0 unspecified atom stereocenters. The monoisotopic (exact) mass is 136 g/mol. The summed E-state index contributed by atoms with van der Waals surface area (Å²) in [5.41, 5.74) is 0.433. The highest BCUT2D eigenvalue weighted by molar-refractivity contribution is 5.80. The zero-order valence-corrected chi connectivity index (χ0v) is 5.49. The van der Waals surface area contributed by atoms with Gasteiger partial charge < -0.3 is 0 Å². The second kappa shape index (κ2) is 5.69. The quantitative estimate of drug-likeness (QED) is 0.329. The molecule has 0 saturated carbocycles. The molecule has 0 atom stereocenters. The van der Waals surface area contributed by atoms with Crippen LogP contribution in [0.4, 0.5) is 0 Å². The van der Waals surface area contributed by atoms with Crippen molar-refractivity contribution in [2.45, 2.75) is 0 Å². The first-order valence-corrected chi connectivity index (χ1v) is 2.75. The van der Waals surface area contributed by atoms with Gasteiger partial charge in [-0.15, -0.1) is 0 Å². The summed E-state index contributed by atoms with van der Waals surface area (Å²) in [6.45, 7) is 3.40. The molecule has 0 amide bonds. The Kier molecular flexibility index (Phi) is 4.87.